The van der Waals surface area contributed by atoms with Crippen molar-refractivity contribution < 1.29 is 9.18 Å². The molecular formula is C16H11Cl2FN4O. The SMILES string of the molecule is O=C(Cc1ccc(Cl)c(Cl)c1)Nc1n[nH]c(-c2ccc(F)cc2)n1. The Morgan fingerprint density at radius 1 is 1.12 bits per heavy atom. The number of carbonyl (C=O) groups is 1. The molecule has 1 amide bonds. The standard InChI is InChI=1S/C16H11Cl2FN4O/c17-12-6-1-9(7-13(12)18)8-14(24)20-16-21-15(22-23-16)10-2-4-11(19)5-3-10/h1-7H,8H2,(H2,20,21,22,23,24). The molecule has 0 atom stereocenters. The van der Waals surface area contributed by atoms with Crippen LogP contribution in [0, 0.1) is 5.82 Å². The quantitative estimate of drug-likeness (QED) is 0.731. The zero-order valence-corrected chi connectivity index (χ0v) is 13.7. The van der Waals surface area contributed by atoms with E-state index in [0.717, 1.165) is 5.56 Å². The molecule has 0 unspecified atom stereocenters. The van der Waals surface area contributed by atoms with Crippen LogP contribution < -0.4 is 5.32 Å². The van der Waals surface area contributed by atoms with Crippen molar-refractivity contribution in [3.63, 3.8) is 0 Å². The van der Waals surface area contributed by atoms with Gasteiger partial charge in [-0.25, -0.2) is 4.39 Å². The van der Waals surface area contributed by atoms with Gasteiger partial charge in [-0.1, -0.05) is 29.3 Å². The molecule has 0 saturated carbocycles. The zero-order chi connectivity index (χ0) is 17.1. The Hall–Kier alpha value is -2.44. The third-order valence-corrected chi connectivity index (χ3v) is 3.94. The van der Waals surface area contributed by atoms with E-state index in [1.807, 2.05) is 0 Å². The maximum atomic E-state index is 12.9. The first-order valence-electron chi connectivity index (χ1n) is 6.93. The number of H-pyrrole nitrogens is 1. The highest BCUT2D eigenvalue weighted by Gasteiger charge is 2.10. The highest BCUT2D eigenvalue weighted by atomic mass is 35.5. The van der Waals surface area contributed by atoms with Gasteiger partial charge < -0.3 is 0 Å². The van der Waals surface area contributed by atoms with Gasteiger partial charge >= 0.3 is 0 Å². The Balaban J connectivity index is 1.66. The number of aromatic nitrogens is 3. The van der Waals surface area contributed by atoms with Gasteiger partial charge in [0.15, 0.2) is 5.82 Å². The molecule has 0 spiro atoms. The van der Waals surface area contributed by atoms with E-state index in [1.54, 1.807) is 30.3 Å². The lowest BCUT2D eigenvalue weighted by atomic mass is 10.1. The first-order chi connectivity index (χ1) is 11.5. The molecule has 0 bridgehead atoms. The van der Waals surface area contributed by atoms with Crippen LogP contribution in [0.3, 0.4) is 0 Å². The Morgan fingerprint density at radius 2 is 1.88 bits per heavy atom. The summed E-state index contributed by atoms with van der Waals surface area (Å²) in [6, 6.07) is 10.8. The molecule has 0 aliphatic carbocycles. The molecule has 2 N–H and O–H groups in total. The largest absolute Gasteiger partial charge is 0.293 e. The van der Waals surface area contributed by atoms with E-state index < -0.39 is 0 Å². The van der Waals surface area contributed by atoms with E-state index in [2.05, 4.69) is 20.5 Å². The predicted octanol–water partition coefficient (Wildman–Crippen LogP) is 4.10. The van der Waals surface area contributed by atoms with Gasteiger partial charge in [0, 0.05) is 5.56 Å². The zero-order valence-electron chi connectivity index (χ0n) is 12.2. The Labute approximate surface area is 146 Å². The van der Waals surface area contributed by atoms with E-state index in [1.165, 1.54) is 12.1 Å². The van der Waals surface area contributed by atoms with Crippen molar-refractivity contribution in [2.24, 2.45) is 0 Å². The summed E-state index contributed by atoms with van der Waals surface area (Å²) in [6.07, 6.45) is 0.108. The minimum atomic E-state index is -0.339. The molecular weight excluding hydrogens is 354 g/mol. The topological polar surface area (TPSA) is 70.7 Å². The third kappa shape index (κ3) is 3.90. The van der Waals surface area contributed by atoms with E-state index in [4.69, 9.17) is 23.2 Å². The molecule has 24 heavy (non-hydrogen) atoms. The van der Waals surface area contributed by atoms with E-state index in [-0.39, 0.29) is 24.1 Å². The molecule has 0 saturated heterocycles. The summed E-state index contributed by atoms with van der Waals surface area (Å²) in [5, 5.41) is 10.0. The van der Waals surface area contributed by atoms with Crippen LogP contribution in [0.25, 0.3) is 11.4 Å². The lowest BCUT2D eigenvalue weighted by Crippen LogP contribution is -2.15. The maximum Gasteiger partial charge on any atom is 0.249 e. The summed E-state index contributed by atoms with van der Waals surface area (Å²) in [7, 11) is 0. The number of hydrogen-bond acceptors (Lipinski definition) is 3. The van der Waals surface area contributed by atoms with E-state index >= 15 is 0 Å². The van der Waals surface area contributed by atoms with Gasteiger partial charge in [0.1, 0.15) is 5.82 Å². The number of carbonyl (C=O) groups excluding carboxylic acids is 1. The van der Waals surface area contributed by atoms with Crippen molar-refractivity contribution in [1.29, 1.82) is 0 Å². The Kier molecular flexibility index (Phi) is 4.78. The van der Waals surface area contributed by atoms with Gasteiger partial charge in [-0.2, -0.15) is 4.98 Å². The Bertz CT molecular complexity index is 880. The minimum absolute atomic E-state index is 0.108. The molecule has 8 heteroatoms. The lowest BCUT2D eigenvalue weighted by Gasteiger charge is -2.03. The van der Waals surface area contributed by atoms with Crippen LogP contribution in [-0.4, -0.2) is 21.1 Å². The van der Waals surface area contributed by atoms with Gasteiger partial charge in [-0.05, 0) is 42.0 Å². The second-order valence-electron chi connectivity index (χ2n) is 4.99. The smallest absolute Gasteiger partial charge is 0.249 e. The van der Waals surface area contributed by atoms with Crippen molar-refractivity contribution in [1.82, 2.24) is 15.2 Å². The summed E-state index contributed by atoms with van der Waals surface area (Å²) in [5.74, 6) is -0.0642. The summed E-state index contributed by atoms with van der Waals surface area (Å²) < 4.78 is 12.9. The van der Waals surface area contributed by atoms with Crippen molar-refractivity contribution in [2.45, 2.75) is 6.42 Å². The van der Waals surface area contributed by atoms with Crippen LogP contribution in [0.4, 0.5) is 10.3 Å². The van der Waals surface area contributed by atoms with Crippen LogP contribution in [-0.2, 0) is 11.2 Å². The van der Waals surface area contributed by atoms with Crippen LogP contribution in [0.1, 0.15) is 5.56 Å². The second-order valence-corrected chi connectivity index (χ2v) is 5.80. The van der Waals surface area contributed by atoms with Crippen LogP contribution in [0.15, 0.2) is 42.5 Å². The summed E-state index contributed by atoms with van der Waals surface area (Å²) in [4.78, 5) is 16.2. The molecule has 0 radical (unpaired) electrons. The van der Waals surface area contributed by atoms with Crippen LogP contribution >= 0.6 is 23.2 Å². The van der Waals surface area contributed by atoms with E-state index in [9.17, 15) is 9.18 Å². The van der Waals surface area contributed by atoms with Gasteiger partial charge in [0.2, 0.25) is 11.9 Å². The molecule has 1 aromatic heterocycles. The average Bonchev–Trinajstić information content (AvgIpc) is 3.00. The number of halogens is 3. The molecule has 5 nitrogen and oxygen atoms in total. The molecule has 0 aliphatic rings. The third-order valence-electron chi connectivity index (χ3n) is 3.20. The molecule has 2 aromatic carbocycles. The highest BCUT2D eigenvalue weighted by Crippen LogP contribution is 2.23. The highest BCUT2D eigenvalue weighted by molar-refractivity contribution is 6.42. The molecule has 122 valence electrons. The van der Waals surface area contributed by atoms with Crippen LogP contribution in [0.2, 0.25) is 10.0 Å². The summed E-state index contributed by atoms with van der Waals surface area (Å²) in [6.45, 7) is 0. The van der Waals surface area contributed by atoms with Crippen LogP contribution in [0.5, 0.6) is 0 Å². The van der Waals surface area contributed by atoms with E-state index in [0.29, 0.717) is 21.4 Å². The number of amides is 1. The average molecular weight is 365 g/mol. The number of rotatable bonds is 4. The summed E-state index contributed by atoms with van der Waals surface area (Å²) in [5.41, 5.74) is 1.38. The first kappa shape index (κ1) is 16.4. The lowest BCUT2D eigenvalue weighted by molar-refractivity contribution is -0.115. The van der Waals surface area contributed by atoms with Gasteiger partial charge in [0.05, 0.1) is 16.5 Å². The molecule has 3 rings (SSSR count). The van der Waals surface area contributed by atoms with Gasteiger partial charge in [-0.15, -0.1) is 5.10 Å². The van der Waals surface area contributed by atoms with Crippen molar-refractivity contribution >= 4 is 35.1 Å². The normalized spacial score (nSPS) is 10.6. The Morgan fingerprint density at radius 3 is 2.58 bits per heavy atom. The number of hydrogen-bond donors (Lipinski definition) is 2. The fraction of sp³-hybridized carbons (Fsp3) is 0.0625. The number of nitrogens with one attached hydrogen (secondary N) is 2. The molecule has 0 fully saturated rings. The monoisotopic (exact) mass is 364 g/mol. The van der Waals surface area contributed by atoms with Crippen molar-refractivity contribution in [3.05, 3.63) is 63.9 Å². The van der Waals surface area contributed by atoms with Crippen molar-refractivity contribution in [3.8, 4) is 11.4 Å². The molecule has 1 heterocycles. The number of aromatic amines is 1. The van der Waals surface area contributed by atoms with Gasteiger partial charge in [-0.3, -0.25) is 15.2 Å². The number of anilines is 1. The number of benzene rings is 2. The number of nitrogens with zero attached hydrogens (tertiary/aromatic N) is 2. The maximum absolute atomic E-state index is 12.9. The predicted molar refractivity (Wildman–Crippen MR) is 90.6 cm³/mol. The molecule has 3 aromatic rings. The van der Waals surface area contributed by atoms with Gasteiger partial charge in [0.25, 0.3) is 0 Å². The first-order valence-corrected chi connectivity index (χ1v) is 7.69. The van der Waals surface area contributed by atoms with Crippen molar-refractivity contribution in [2.75, 3.05) is 5.32 Å². The second kappa shape index (κ2) is 6.98. The fourth-order valence-electron chi connectivity index (χ4n) is 2.06. The fourth-order valence-corrected chi connectivity index (χ4v) is 2.38. The minimum Gasteiger partial charge on any atom is -0.293 e. The molecule has 0 aliphatic heterocycles. The summed E-state index contributed by atoms with van der Waals surface area (Å²) >= 11 is 11.8.